The van der Waals surface area contributed by atoms with Crippen LogP contribution in [-0.4, -0.2) is 45.3 Å². The molecule has 8 nitrogen and oxygen atoms in total. The lowest BCUT2D eigenvalue weighted by molar-refractivity contribution is 0.0531. The quantitative estimate of drug-likeness (QED) is 0.375. The van der Waals surface area contributed by atoms with E-state index in [1.54, 1.807) is 6.92 Å². The molecule has 0 saturated carbocycles. The van der Waals surface area contributed by atoms with Crippen LogP contribution in [0.15, 0.2) is 35.5 Å². The van der Waals surface area contributed by atoms with Gasteiger partial charge in [0.25, 0.3) is 0 Å². The summed E-state index contributed by atoms with van der Waals surface area (Å²) in [5.74, 6) is 0.780. The lowest BCUT2D eigenvalue weighted by Crippen LogP contribution is -2.30. The second-order valence-corrected chi connectivity index (χ2v) is 9.67. The Kier molecular flexibility index (Phi) is 7.65. The van der Waals surface area contributed by atoms with E-state index in [1.165, 1.54) is 31.0 Å². The number of aromatic nitrogens is 3. The molecule has 0 atom stereocenters. The molecule has 0 aliphatic carbocycles. The van der Waals surface area contributed by atoms with Crippen LogP contribution in [0, 0.1) is 11.3 Å². The Bertz CT molecular complexity index is 1150. The fourth-order valence-electron chi connectivity index (χ4n) is 3.89. The molecule has 1 saturated heterocycles. The Morgan fingerprint density at radius 3 is 2.70 bits per heavy atom. The van der Waals surface area contributed by atoms with Crippen LogP contribution in [0.3, 0.4) is 0 Å². The number of rotatable bonds is 8. The first kappa shape index (κ1) is 23.3. The second kappa shape index (κ2) is 10.8. The van der Waals surface area contributed by atoms with Crippen molar-refractivity contribution in [2.45, 2.75) is 43.6 Å². The van der Waals surface area contributed by atoms with Crippen molar-refractivity contribution in [2.24, 2.45) is 0 Å². The van der Waals surface area contributed by atoms with Gasteiger partial charge in [0, 0.05) is 17.0 Å². The number of anilines is 1. The van der Waals surface area contributed by atoms with Crippen molar-refractivity contribution in [1.29, 1.82) is 5.26 Å². The molecule has 0 spiro atoms. The number of para-hydroxylation sites is 1. The van der Waals surface area contributed by atoms with Gasteiger partial charge in [0.15, 0.2) is 11.0 Å². The lowest BCUT2D eigenvalue weighted by atomic mass is 10.1. The summed E-state index contributed by atoms with van der Waals surface area (Å²) in [6.07, 6.45) is 3.68. The van der Waals surface area contributed by atoms with Crippen LogP contribution in [0.25, 0.3) is 5.69 Å². The van der Waals surface area contributed by atoms with E-state index in [4.69, 9.17) is 10.5 Å². The van der Waals surface area contributed by atoms with Crippen LogP contribution in [0.2, 0.25) is 0 Å². The summed E-state index contributed by atoms with van der Waals surface area (Å²) in [6.45, 7) is 4.86. The van der Waals surface area contributed by atoms with Gasteiger partial charge < -0.3 is 10.5 Å². The highest BCUT2D eigenvalue weighted by Crippen LogP contribution is 2.36. The third-order valence-corrected chi connectivity index (χ3v) is 7.48. The van der Waals surface area contributed by atoms with Gasteiger partial charge in [-0.25, -0.2) is 4.79 Å². The number of hydrogen-bond donors (Lipinski definition) is 1. The standard InChI is InChI=1S/C23H26N6O2S2/c1-2-31-22(30)20-18(17(13-24)21(25)33-20)15-32-23-27-26-19(14-28-11-7-4-8-12-28)29(23)16-9-5-3-6-10-16/h3,5-6,9-10H,2,4,7-8,11-12,14-15,25H2,1H3. The molecular weight excluding hydrogens is 456 g/mol. The summed E-state index contributed by atoms with van der Waals surface area (Å²) in [6, 6.07) is 12.1. The summed E-state index contributed by atoms with van der Waals surface area (Å²) >= 11 is 2.53. The van der Waals surface area contributed by atoms with Crippen molar-refractivity contribution in [3.8, 4) is 11.8 Å². The van der Waals surface area contributed by atoms with E-state index < -0.39 is 5.97 Å². The molecule has 1 aromatic carbocycles. The van der Waals surface area contributed by atoms with Gasteiger partial charge >= 0.3 is 5.97 Å². The zero-order chi connectivity index (χ0) is 23.2. The van der Waals surface area contributed by atoms with Crippen molar-refractivity contribution in [1.82, 2.24) is 19.7 Å². The Labute approximate surface area is 201 Å². The Morgan fingerprint density at radius 1 is 1.24 bits per heavy atom. The number of nitriles is 1. The number of thioether (sulfide) groups is 1. The molecule has 2 N–H and O–H groups in total. The number of esters is 1. The molecule has 3 heterocycles. The SMILES string of the molecule is CCOC(=O)c1sc(N)c(C#N)c1CSc1nnc(CN2CCCCC2)n1-c1ccccc1. The molecule has 10 heteroatoms. The zero-order valence-corrected chi connectivity index (χ0v) is 20.1. The molecule has 4 rings (SSSR count). The number of carbonyl (C=O) groups is 1. The van der Waals surface area contributed by atoms with Gasteiger partial charge in [0.2, 0.25) is 0 Å². The van der Waals surface area contributed by atoms with Gasteiger partial charge in [0.05, 0.1) is 18.7 Å². The molecule has 0 unspecified atom stereocenters. The summed E-state index contributed by atoms with van der Waals surface area (Å²) in [4.78, 5) is 15.2. The number of thiophene rings is 1. The monoisotopic (exact) mass is 482 g/mol. The lowest BCUT2D eigenvalue weighted by Gasteiger charge is -2.26. The van der Waals surface area contributed by atoms with Gasteiger partial charge in [-0.3, -0.25) is 9.47 Å². The minimum absolute atomic E-state index is 0.257. The van der Waals surface area contributed by atoms with E-state index in [9.17, 15) is 10.1 Å². The number of nitrogens with two attached hydrogens (primary N) is 1. The van der Waals surface area contributed by atoms with Crippen molar-refractivity contribution in [3.05, 3.63) is 52.2 Å². The molecule has 0 radical (unpaired) electrons. The van der Waals surface area contributed by atoms with Crippen LogP contribution in [-0.2, 0) is 17.0 Å². The van der Waals surface area contributed by atoms with Crippen molar-refractivity contribution in [3.63, 3.8) is 0 Å². The molecule has 1 aliphatic rings. The normalized spacial score (nSPS) is 14.2. The molecular formula is C23H26N6O2S2. The first-order chi connectivity index (χ1) is 16.1. The molecule has 1 fully saturated rings. The number of hydrogen-bond acceptors (Lipinski definition) is 9. The minimum Gasteiger partial charge on any atom is -0.462 e. The van der Waals surface area contributed by atoms with Crippen LogP contribution >= 0.6 is 23.1 Å². The number of nitrogen functional groups attached to an aromatic ring is 1. The molecule has 33 heavy (non-hydrogen) atoms. The predicted molar refractivity (Wildman–Crippen MR) is 129 cm³/mol. The summed E-state index contributed by atoms with van der Waals surface area (Å²) in [7, 11) is 0. The highest BCUT2D eigenvalue weighted by atomic mass is 32.2. The smallest absolute Gasteiger partial charge is 0.348 e. The van der Waals surface area contributed by atoms with E-state index >= 15 is 0 Å². The largest absolute Gasteiger partial charge is 0.462 e. The van der Waals surface area contributed by atoms with Crippen molar-refractivity contribution >= 4 is 34.1 Å². The third-order valence-electron chi connectivity index (χ3n) is 5.48. The molecule has 172 valence electrons. The highest BCUT2D eigenvalue weighted by Gasteiger charge is 2.25. The molecule has 1 aliphatic heterocycles. The van der Waals surface area contributed by atoms with Crippen LogP contribution < -0.4 is 5.73 Å². The molecule has 0 amide bonds. The van der Waals surface area contributed by atoms with E-state index in [0.717, 1.165) is 42.5 Å². The number of benzene rings is 1. The first-order valence-corrected chi connectivity index (χ1v) is 12.8. The molecule has 3 aromatic rings. The van der Waals surface area contributed by atoms with Gasteiger partial charge in [-0.1, -0.05) is 36.4 Å². The second-order valence-electron chi connectivity index (χ2n) is 7.68. The zero-order valence-electron chi connectivity index (χ0n) is 18.5. The van der Waals surface area contributed by atoms with E-state index in [2.05, 4.69) is 25.7 Å². The van der Waals surface area contributed by atoms with E-state index in [0.29, 0.717) is 31.9 Å². The van der Waals surface area contributed by atoms with Crippen LogP contribution in [0.5, 0.6) is 0 Å². The fourth-order valence-corrected chi connectivity index (χ4v) is 5.92. The van der Waals surface area contributed by atoms with E-state index in [1.807, 2.05) is 30.3 Å². The summed E-state index contributed by atoms with van der Waals surface area (Å²) < 4.78 is 7.23. The average molecular weight is 483 g/mol. The highest BCUT2D eigenvalue weighted by molar-refractivity contribution is 7.98. The molecule has 0 bridgehead atoms. The maximum Gasteiger partial charge on any atom is 0.348 e. The topological polar surface area (TPSA) is 110 Å². The Morgan fingerprint density at radius 2 is 2.00 bits per heavy atom. The maximum atomic E-state index is 12.4. The average Bonchev–Trinajstić information content (AvgIpc) is 3.38. The van der Waals surface area contributed by atoms with Crippen LogP contribution in [0.4, 0.5) is 5.00 Å². The fraction of sp³-hybridized carbons (Fsp3) is 0.391. The number of carbonyl (C=O) groups excluding carboxylic acids is 1. The van der Waals surface area contributed by atoms with Gasteiger partial charge in [0.1, 0.15) is 15.9 Å². The Hall–Kier alpha value is -2.87. The number of piperidine rings is 1. The van der Waals surface area contributed by atoms with Gasteiger partial charge in [-0.15, -0.1) is 21.5 Å². The van der Waals surface area contributed by atoms with Crippen molar-refractivity contribution in [2.75, 3.05) is 25.4 Å². The predicted octanol–water partition coefficient (Wildman–Crippen LogP) is 4.24. The Balaban J connectivity index is 1.64. The number of nitrogens with zero attached hydrogens (tertiary/aromatic N) is 5. The third kappa shape index (κ3) is 5.21. The summed E-state index contributed by atoms with van der Waals surface area (Å²) in [5, 5.41) is 19.6. The molecule has 2 aromatic heterocycles. The first-order valence-electron chi connectivity index (χ1n) is 11.0. The number of likely N-dealkylation sites (tertiary alicyclic amines) is 1. The van der Waals surface area contributed by atoms with Crippen LogP contribution in [0.1, 0.15) is 52.8 Å². The number of ether oxygens (including phenoxy) is 1. The van der Waals surface area contributed by atoms with Crippen molar-refractivity contribution < 1.29 is 9.53 Å². The minimum atomic E-state index is -0.457. The summed E-state index contributed by atoms with van der Waals surface area (Å²) in [5.41, 5.74) is 7.92. The van der Waals surface area contributed by atoms with E-state index in [-0.39, 0.29) is 6.61 Å². The van der Waals surface area contributed by atoms with Gasteiger partial charge in [-0.2, -0.15) is 5.26 Å². The maximum absolute atomic E-state index is 12.4. The van der Waals surface area contributed by atoms with Gasteiger partial charge in [-0.05, 0) is 45.0 Å².